The van der Waals surface area contributed by atoms with Gasteiger partial charge in [-0.1, -0.05) is 42.5 Å². The van der Waals surface area contributed by atoms with Gasteiger partial charge in [0.1, 0.15) is 0 Å². The zero-order valence-electron chi connectivity index (χ0n) is 17.6. The second-order valence-electron chi connectivity index (χ2n) is 7.41. The molecule has 29 heavy (non-hydrogen) atoms. The van der Waals surface area contributed by atoms with Gasteiger partial charge >= 0.3 is 0 Å². The summed E-state index contributed by atoms with van der Waals surface area (Å²) in [4.78, 5) is 10.6. The third kappa shape index (κ3) is 7.72. The molecule has 6 heteroatoms. The third-order valence-corrected chi connectivity index (χ3v) is 6.13. The standard InChI is InChI=1S/C23H33N5S/c1-24-23(25-12-17-29-22-6-4-3-5-7-22)26-18-20-8-10-21(11-9-20)19-28-15-13-27(2)14-16-28/h3-11H,12-19H2,1-2H3,(H2,24,25,26). The predicted octanol–water partition coefficient (Wildman–Crippen LogP) is 2.89. The summed E-state index contributed by atoms with van der Waals surface area (Å²) in [7, 11) is 4.02. The minimum Gasteiger partial charge on any atom is -0.356 e. The number of likely N-dealkylation sites (N-methyl/N-ethyl adjacent to an activating group) is 1. The molecule has 0 saturated carbocycles. The Hall–Kier alpha value is -2.02. The van der Waals surface area contributed by atoms with Gasteiger partial charge in [0.15, 0.2) is 5.96 Å². The number of thioether (sulfide) groups is 1. The van der Waals surface area contributed by atoms with Gasteiger partial charge in [-0.05, 0) is 30.3 Å². The van der Waals surface area contributed by atoms with Gasteiger partial charge in [-0.3, -0.25) is 9.89 Å². The van der Waals surface area contributed by atoms with Crippen LogP contribution in [0.4, 0.5) is 0 Å². The van der Waals surface area contributed by atoms with E-state index >= 15 is 0 Å². The first-order valence-corrected chi connectivity index (χ1v) is 11.3. The Morgan fingerprint density at radius 2 is 1.62 bits per heavy atom. The van der Waals surface area contributed by atoms with E-state index in [1.165, 1.54) is 16.0 Å². The fraction of sp³-hybridized carbons (Fsp3) is 0.435. The van der Waals surface area contributed by atoms with Crippen molar-refractivity contribution in [3.8, 4) is 0 Å². The number of rotatable bonds is 8. The first-order chi connectivity index (χ1) is 14.2. The molecule has 1 aliphatic heterocycles. The maximum absolute atomic E-state index is 4.32. The molecule has 1 aliphatic rings. The van der Waals surface area contributed by atoms with Crippen molar-refractivity contribution in [2.24, 2.45) is 4.99 Å². The number of guanidine groups is 1. The Kier molecular flexibility index (Phi) is 8.86. The minimum atomic E-state index is 0.778. The lowest BCUT2D eigenvalue weighted by Gasteiger charge is -2.32. The molecular weight excluding hydrogens is 378 g/mol. The SMILES string of the molecule is CN=C(NCCSc1ccccc1)NCc1ccc(CN2CCN(C)CC2)cc1. The predicted molar refractivity (Wildman–Crippen MR) is 125 cm³/mol. The topological polar surface area (TPSA) is 42.9 Å². The van der Waals surface area contributed by atoms with E-state index in [0.29, 0.717) is 0 Å². The summed E-state index contributed by atoms with van der Waals surface area (Å²) in [6, 6.07) is 19.4. The van der Waals surface area contributed by atoms with E-state index in [-0.39, 0.29) is 0 Å². The third-order valence-electron chi connectivity index (χ3n) is 5.12. The highest BCUT2D eigenvalue weighted by molar-refractivity contribution is 7.99. The summed E-state index contributed by atoms with van der Waals surface area (Å²) < 4.78 is 0. The molecule has 156 valence electrons. The fourth-order valence-corrected chi connectivity index (χ4v) is 4.08. The van der Waals surface area contributed by atoms with Crippen LogP contribution in [-0.4, -0.2) is 68.3 Å². The molecule has 5 nitrogen and oxygen atoms in total. The highest BCUT2D eigenvalue weighted by Gasteiger charge is 2.13. The first-order valence-electron chi connectivity index (χ1n) is 10.3. The van der Waals surface area contributed by atoms with Gasteiger partial charge < -0.3 is 15.5 Å². The van der Waals surface area contributed by atoms with Gasteiger partial charge in [-0.2, -0.15) is 0 Å². The first kappa shape index (κ1) is 21.7. The van der Waals surface area contributed by atoms with Crippen molar-refractivity contribution in [2.75, 3.05) is 52.6 Å². The van der Waals surface area contributed by atoms with Gasteiger partial charge in [-0.25, -0.2) is 0 Å². The van der Waals surface area contributed by atoms with Crippen LogP contribution in [0, 0.1) is 0 Å². The number of hydrogen-bond donors (Lipinski definition) is 2. The molecule has 2 aromatic carbocycles. The summed E-state index contributed by atoms with van der Waals surface area (Å²) >= 11 is 1.85. The van der Waals surface area contributed by atoms with E-state index in [0.717, 1.165) is 57.5 Å². The van der Waals surface area contributed by atoms with Crippen LogP contribution in [0.1, 0.15) is 11.1 Å². The Labute approximate surface area is 179 Å². The molecule has 0 amide bonds. The van der Waals surface area contributed by atoms with Crippen molar-refractivity contribution in [3.63, 3.8) is 0 Å². The van der Waals surface area contributed by atoms with Crippen molar-refractivity contribution in [3.05, 3.63) is 65.7 Å². The van der Waals surface area contributed by atoms with Gasteiger partial charge in [0.25, 0.3) is 0 Å². The molecule has 0 bridgehead atoms. The van der Waals surface area contributed by atoms with E-state index in [2.05, 4.69) is 81.0 Å². The monoisotopic (exact) mass is 411 g/mol. The van der Waals surface area contributed by atoms with Crippen LogP contribution in [0.2, 0.25) is 0 Å². The van der Waals surface area contributed by atoms with Gasteiger partial charge in [0.05, 0.1) is 0 Å². The number of nitrogens with one attached hydrogen (secondary N) is 2. The van der Waals surface area contributed by atoms with E-state index in [4.69, 9.17) is 0 Å². The van der Waals surface area contributed by atoms with Crippen LogP contribution in [0.25, 0.3) is 0 Å². The van der Waals surface area contributed by atoms with Gasteiger partial charge in [-0.15, -0.1) is 11.8 Å². The second-order valence-corrected chi connectivity index (χ2v) is 8.58. The van der Waals surface area contributed by atoms with Crippen LogP contribution in [0.15, 0.2) is 64.5 Å². The van der Waals surface area contributed by atoms with Crippen molar-refractivity contribution in [1.29, 1.82) is 0 Å². The van der Waals surface area contributed by atoms with E-state index in [9.17, 15) is 0 Å². The summed E-state index contributed by atoms with van der Waals surface area (Å²) in [5.74, 6) is 1.85. The molecule has 0 radical (unpaired) electrons. The molecule has 0 atom stereocenters. The summed E-state index contributed by atoms with van der Waals surface area (Å²) in [5.41, 5.74) is 2.66. The number of piperazine rings is 1. The lowest BCUT2D eigenvalue weighted by Crippen LogP contribution is -2.43. The van der Waals surface area contributed by atoms with Crippen molar-refractivity contribution >= 4 is 17.7 Å². The number of aliphatic imine (C=N–C) groups is 1. The van der Waals surface area contributed by atoms with Crippen LogP contribution in [0.5, 0.6) is 0 Å². The van der Waals surface area contributed by atoms with Crippen LogP contribution in [0.3, 0.4) is 0 Å². The molecule has 0 aromatic heterocycles. The minimum absolute atomic E-state index is 0.778. The van der Waals surface area contributed by atoms with E-state index in [1.54, 1.807) is 0 Å². The van der Waals surface area contributed by atoms with Crippen molar-refractivity contribution in [2.45, 2.75) is 18.0 Å². The highest BCUT2D eigenvalue weighted by atomic mass is 32.2. The number of benzene rings is 2. The average Bonchev–Trinajstić information content (AvgIpc) is 2.76. The Bertz CT molecular complexity index is 740. The molecule has 0 spiro atoms. The van der Waals surface area contributed by atoms with Crippen LogP contribution in [-0.2, 0) is 13.1 Å². The molecule has 2 N–H and O–H groups in total. The average molecular weight is 412 g/mol. The molecule has 0 unspecified atom stereocenters. The molecule has 2 aromatic rings. The fourth-order valence-electron chi connectivity index (χ4n) is 3.29. The lowest BCUT2D eigenvalue weighted by atomic mass is 10.1. The second kappa shape index (κ2) is 11.9. The Balaban J connectivity index is 1.35. The van der Waals surface area contributed by atoms with Crippen molar-refractivity contribution < 1.29 is 0 Å². The zero-order chi connectivity index (χ0) is 20.3. The number of hydrogen-bond acceptors (Lipinski definition) is 4. The number of nitrogens with zero attached hydrogens (tertiary/aromatic N) is 3. The van der Waals surface area contributed by atoms with Gasteiger partial charge in [0, 0.05) is 63.5 Å². The molecule has 3 rings (SSSR count). The summed E-state index contributed by atoms with van der Waals surface area (Å²) in [6.07, 6.45) is 0. The largest absolute Gasteiger partial charge is 0.356 e. The van der Waals surface area contributed by atoms with Crippen molar-refractivity contribution in [1.82, 2.24) is 20.4 Å². The van der Waals surface area contributed by atoms with E-state index < -0.39 is 0 Å². The highest BCUT2D eigenvalue weighted by Crippen LogP contribution is 2.15. The Morgan fingerprint density at radius 3 is 2.31 bits per heavy atom. The smallest absolute Gasteiger partial charge is 0.191 e. The normalized spacial score (nSPS) is 16.0. The lowest BCUT2D eigenvalue weighted by molar-refractivity contribution is 0.148. The molecule has 1 heterocycles. The summed E-state index contributed by atoms with van der Waals surface area (Å²) in [5, 5.41) is 6.79. The molecular formula is C23H33N5S. The van der Waals surface area contributed by atoms with E-state index in [1.807, 2.05) is 24.9 Å². The van der Waals surface area contributed by atoms with Crippen LogP contribution < -0.4 is 10.6 Å². The maximum Gasteiger partial charge on any atom is 0.191 e. The maximum atomic E-state index is 4.32. The molecule has 1 saturated heterocycles. The molecule has 0 aliphatic carbocycles. The quantitative estimate of drug-likeness (QED) is 0.303. The summed E-state index contributed by atoms with van der Waals surface area (Å²) in [6.45, 7) is 7.35. The van der Waals surface area contributed by atoms with Crippen LogP contribution >= 0.6 is 11.8 Å². The van der Waals surface area contributed by atoms with Gasteiger partial charge in [0.2, 0.25) is 0 Å². The zero-order valence-corrected chi connectivity index (χ0v) is 18.4. The molecule has 1 fully saturated rings. The Morgan fingerprint density at radius 1 is 0.931 bits per heavy atom.